The van der Waals surface area contributed by atoms with Crippen LogP contribution in [0, 0.1) is 6.92 Å². The van der Waals surface area contributed by atoms with Gasteiger partial charge in [0.1, 0.15) is 18.2 Å². The highest BCUT2D eigenvalue weighted by atomic mass is 32.2. The van der Waals surface area contributed by atoms with Gasteiger partial charge in [0, 0.05) is 12.3 Å². The van der Waals surface area contributed by atoms with Crippen LogP contribution < -0.4 is 5.32 Å². The molecule has 1 fully saturated rings. The van der Waals surface area contributed by atoms with Gasteiger partial charge in [-0.3, -0.25) is 9.69 Å². The first-order chi connectivity index (χ1) is 9.15. The molecule has 2 heterocycles. The van der Waals surface area contributed by atoms with Gasteiger partial charge in [0.25, 0.3) is 0 Å². The van der Waals surface area contributed by atoms with Crippen molar-refractivity contribution in [1.82, 2.24) is 20.4 Å². The van der Waals surface area contributed by atoms with Crippen molar-refractivity contribution >= 4 is 35.1 Å². The molecular weight excluding hydrogens is 288 g/mol. The van der Waals surface area contributed by atoms with E-state index in [1.807, 2.05) is 6.92 Å². The van der Waals surface area contributed by atoms with Gasteiger partial charge >= 0.3 is 6.09 Å². The highest BCUT2D eigenvalue weighted by molar-refractivity contribution is 8.01. The van der Waals surface area contributed by atoms with Gasteiger partial charge in [-0.15, -0.1) is 10.2 Å². The largest absolute Gasteiger partial charge is 0.448 e. The smallest absolute Gasteiger partial charge is 0.410 e. The molecule has 9 heteroatoms. The molecule has 1 aromatic rings. The van der Waals surface area contributed by atoms with Crippen molar-refractivity contribution in [1.29, 1.82) is 0 Å². The van der Waals surface area contributed by atoms with Gasteiger partial charge < -0.3 is 10.1 Å². The number of aryl methyl sites for hydroxylation is 1. The molecular formula is C10H14N4O3S2. The molecule has 1 aliphatic rings. The van der Waals surface area contributed by atoms with Crippen molar-refractivity contribution < 1.29 is 14.3 Å². The molecule has 1 saturated heterocycles. The van der Waals surface area contributed by atoms with Crippen molar-refractivity contribution in [3.05, 3.63) is 5.01 Å². The number of nitrogens with zero attached hydrogens (tertiary/aromatic N) is 3. The van der Waals surface area contributed by atoms with E-state index in [0.29, 0.717) is 19.7 Å². The number of carbonyl (C=O) groups excluding carboxylic acids is 2. The predicted octanol–water partition coefficient (Wildman–Crippen LogP) is 0.507. The van der Waals surface area contributed by atoms with Crippen LogP contribution in [0.5, 0.6) is 0 Å². The Kier molecular flexibility index (Phi) is 4.97. The van der Waals surface area contributed by atoms with Gasteiger partial charge in [0.05, 0.1) is 6.54 Å². The Balaban J connectivity index is 1.60. The minimum Gasteiger partial charge on any atom is -0.448 e. The summed E-state index contributed by atoms with van der Waals surface area (Å²) in [7, 11) is 0. The highest BCUT2D eigenvalue weighted by Gasteiger charge is 2.23. The molecule has 2 rings (SSSR count). The van der Waals surface area contributed by atoms with Crippen LogP contribution in [0.1, 0.15) is 5.01 Å². The fraction of sp³-hybridized carbons (Fsp3) is 0.600. The maximum atomic E-state index is 11.6. The molecule has 0 spiro atoms. The second-order valence-electron chi connectivity index (χ2n) is 3.82. The summed E-state index contributed by atoms with van der Waals surface area (Å²) in [5.41, 5.74) is 0. The standard InChI is InChI=1S/C10H14N4O3S2/c1-7-12-13-9(19-7)18-5-2-11-8(15)6-14-3-4-17-10(14)16/h2-6H2,1H3,(H,11,15). The van der Waals surface area contributed by atoms with E-state index in [1.165, 1.54) is 16.2 Å². The van der Waals surface area contributed by atoms with Crippen molar-refractivity contribution in [3.63, 3.8) is 0 Å². The van der Waals surface area contributed by atoms with Crippen molar-refractivity contribution in [2.75, 3.05) is 32.0 Å². The topological polar surface area (TPSA) is 84.4 Å². The fourth-order valence-corrected chi connectivity index (χ4v) is 3.20. The number of hydrogen-bond acceptors (Lipinski definition) is 7. The van der Waals surface area contributed by atoms with Crippen molar-refractivity contribution in [2.24, 2.45) is 0 Å². The number of nitrogens with one attached hydrogen (secondary N) is 1. The number of amides is 2. The molecule has 0 radical (unpaired) electrons. The molecule has 7 nitrogen and oxygen atoms in total. The average Bonchev–Trinajstić information content (AvgIpc) is 2.95. The van der Waals surface area contributed by atoms with E-state index in [-0.39, 0.29) is 12.5 Å². The zero-order chi connectivity index (χ0) is 13.7. The van der Waals surface area contributed by atoms with Gasteiger partial charge in [-0.25, -0.2) is 4.79 Å². The SMILES string of the molecule is Cc1nnc(SCCNC(=O)CN2CCOC2=O)s1. The van der Waals surface area contributed by atoms with E-state index in [2.05, 4.69) is 15.5 Å². The number of cyclic esters (lactones) is 1. The van der Waals surface area contributed by atoms with E-state index >= 15 is 0 Å². The number of aromatic nitrogens is 2. The lowest BCUT2D eigenvalue weighted by Gasteiger charge is -2.11. The molecule has 0 atom stereocenters. The van der Waals surface area contributed by atoms with Crippen LogP contribution in [0.15, 0.2) is 4.34 Å². The fourth-order valence-electron chi connectivity index (χ4n) is 1.46. The van der Waals surface area contributed by atoms with E-state index in [0.717, 1.165) is 15.1 Å². The molecule has 1 aromatic heterocycles. The Bertz CT molecular complexity index is 465. The van der Waals surface area contributed by atoms with Gasteiger partial charge in [-0.2, -0.15) is 0 Å². The summed E-state index contributed by atoms with van der Waals surface area (Å²) < 4.78 is 5.64. The van der Waals surface area contributed by atoms with Crippen LogP contribution in [-0.4, -0.2) is 59.1 Å². The maximum Gasteiger partial charge on any atom is 0.410 e. The van der Waals surface area contributed by atoms with Gasteiger partial charge in [-0.05, 0) is 6.92 Å². The van der Waals surface area contributed by atoms with Crippen LogP contribution in [0.2, 0.25) is 0 Å². The quantitative estimate of drug-likeness (QED) is 0.609. The monoisotopic (exact) mass is 302 g/mol. The Morgan fingerprint density at radius 3 is 3.05 bits per heavy atom. The Morgan fingerprint density at radius 1 is 1.58 bits per heavy atom. The maximum absolute atomic E-state index is 11.6. The van der Waals surface area contributed by atoms with Crippen LogP contribution in [0.3, 0.4) is 0 Å². The van der Waals surface area contributed by atoms with E-state index < -0.39 is 6.09 Å². The van der Waals surface area contributed by atoms with Crippen LogP contribution >= 0.6 is 23.1 Å². The lowest BCUT2D eigenvalue weighted by atomic mass is 10.5. The van der Waals surface area contributed by atoms with E-state index in [4.69, 9.17) is 4.74 Å². The number of carbonyl (C=O) groups is 2. The van der Waals surface area contributed by atoms with Crippen LogP contribution in [0.4, 0.5) is 4.79 Å². The molecule has 1 aliphatic heterocycles. The summed E-state index contributed by atoms with van der Waals surface area (Å²) >= 11 is 3.08. The summed E-state index contributed by atoms with van der Waals surface area (Å²) in [5.74, 6) is 0.554. The Morgan fingerprint density at radius 2 is 2.42 bits per heavy atom. The van der Waals surface area contributed by atoms with Crippen molar-refractivity contribution in [3.8, 4) is 0 Å². The molecule has 19 heavy (non-hydrogen) atoms. The second kappa shape index (κ2) is 6.71. The average molecular weight is 302 g/mol. The number of ether oxygens (including phenoxy) is 1. The number of thioether (sulfide) groups is 1. The summed E-state index contributed by atoms with van der Waals surface area (Å²) in [5, 5.41) is 11.6. The van der Waals surface area contributed by atoms with E-state index in [9.17, 15) is 9.59 Å². The summed E-state index contributed by atoms with van der Waals surface area (Å²) in [6.45, 7) is 3.33. The zero-order valence-electron chi connectivity index (χ0n) is 10.4. The summed E-state index contributed by atoms with van der Waals surface area (Å²) in [4.78, 5) is 24.1. The molecule has 0 saturated carbocycles. The van der Waals surface area contributed by atoms with Crippen LogP contribution in [0.25, 0.3) is 0 Å². The molecule has 104 valence electrons. The molecule has 0 aliphatic carbocycles. The van der Waals surface area contributed by atoms with E-state index in [1.54, 1.807) is 11.8 Å². The first-order valence-electron chi connectivity index (χ1n) is 5.76. The Labute approximate surface area is 118 Å². The van der Waals surface area contributed by atoms with Crippen LogP contribution in [-0.2, 0) is 9.53 Å². The molecule has 0 aromatic carbocycles. The van der Waals surface area contributed by atoms with Gasteiger partial charge in [0.2, 0.25) is 5.91 Å². The minimum absolute atomic E-state index is 0.0570. The van der Waals surface area contributed by atoms with Gasteiger partial charge in [0.15, 0.2) is 4.34 Å². The lowest BCUT2D eigenvalue weighted by molar-refractivity contribution is -0.121. The lowest BCUT2D eigenvalue weighted by Crippen LogP contribution is -2.38. The summed E-state index contributed by atoms with van der Waals surface area (Å²) in [6.07, 6.45) is -0.422. The summed E-state index contributed by atoms with van der Waals surface area (Å²) in [6, 6.07) is 0. The zero-order valence-corrected chi connectivity index (χ0v) is 12.1. The minimum atomic E-state index is -0.422. The predicted molar refractivity (Wildman–Crippen MR) is 71.3 cm³/mol. The van der Waals surface area contributed by atoms with Gasteiger partial charge in [-0.1, -0.05) is 23.1 Å². The molecule has 1 N–H and O–H groups in total. The number of rotatable bonds is 6. The third kappa shape index (κ3) is 4.35. The third-order valence-corrected chi connectivity index (χ3v) is 4.31. The third-order valence-electron chi connectivity index (χ3n) is 2.34. The normalized spacial score (nSPS) is 14.6. The Hall–Kier alpha value is -1.35. The molecule has 0 bridgehead atoms. The molecule has 0 unspecified atom stereocenters. The number of hydrogen-bond donors (Lipinski definition) is 1. The second-order valence-corrected chi connectivity index (χ2v) is 6.35. The molecule has 2 amide bonds. The van der Waals surface area contributed by atoms with Crippen molar-refractivity contribution in [2.45, 2.75) is 11.3 Å². The first kappa shape index (κ1) is 14.1. The highest BCUT2D eigenvalue weighted by Crippen LogP contribution is 2.20. The first-order valence-corrected chi connectivity index (χ1v) is 7.56.